The summed E-state index contributed by atoms with van der Waals surface area (Å²) in [6.45, 7) is 5.45. The van der Waals surface area contributed by atoms with Crippen LogP contribution in [0, 0.1) is 6.92 Å². The highest BCUT2D eigenvalue weighted by molar-refractivity contribution is 5.65. The van der Waals surface area contributed by atoms with Crippen molar-refractivity contribution in [3.63, 3.8) is 0 Å². The number of aliphatic hydroxyl groups excluding tert-OH is 1. The van der Waals surface area contributed by atoms with Crippen molar-refractivity contribution in [2.24, 2.45) is 7.05 Å². The molecule has 2 aromatic heterocycles. The Hall–Kier alpha value is -3.35. The number of aryl methyl sites for hydroxylation is 2. The van der Waals surface area contributed by atoms with E-state index in [1.807, 2.05) is 80.7 Å². The van der Waals surface area contributed by atoms with E-state index < -0.39 is 6.10 Å². The average Bonchev–Trinajstić information content (AvgIpc) is 3.37. The van der Waals surface area contributed by atoms with Crippen LogP contribution in [0.5, 0.6) is 11.6 Å². The molecule has 1 atom stereocenters. The normalized spacial score (nSPS) is 12.3. The number of nitrogens with zero attached hydrogens (tertiary/aromatic N) is 3. The number of furan rings is 1. The van der Waals surface area contributed by atoms with Crippen LogP contribution in [0.15, 0.2) is 77.4 Å². The van der Waals surface area contributed by atoms with E-state index in [0.29, 0.717) is 25.5 Å². The molecular weight excluding hydrogens is 402 g/mol. The summed E-state index contributed by atoms with van der Waals surface area (Å²) in [6, 6.07) is 21.9. The summed E-state index contributed by atoms with van der Waals surface area (Å²) in [5.41, 5.74) is 3.98. The lowest BCUT2D eigenvalue weighted by Gasteiger charge is -2.23. The molecule has 0 fully saturated rings. The van der Waals surface area contributed by atoms with Gasteiger partial charge in [0.1, 0.15) is 17.2 Å². The van der Waals surface area contributed by atoms with Crippen LogP contribution in [-0.2, 0) is 20.1 Å². The Balaban J connectivity index is 1.74. The molecule has 2 heterocycles. The fraction of sp³-hybridized carbons (Fsp3) is 0.269. The Morgan fingerprint density at radius 2 is 1.88 bits per heavy atom. The van der Waals surface area contributed by atoms with E-state index in [2.05, 4.69) is 4.90 Å². The van der Waals surface area contributed by atoms with Crippen LogP contribution < -0.4 is 4.74 Å². The van der Waals surface area contributed by atoms with E-state index in [-0.39, 0.29) is 0 Å². The number of rotatable bonds is 9. The van der Waals surface area contributed by atoms with Crippen LogP contribution in [0.25, 0.3) is 11.3 Å². The van der Waals surface area contributed by atoms with Gasteiger partial charge in [0.05, 0.1) is 24.5 Å². The van der Waals surface area contributed by atoms with Crippen molar-refractivity contribution in [3.05, 3.63) is 89.9 Å². The van der Waals surface area contributed by atoms with Gasteiger partial charge in [-0.2, -0.15) is 5.10 Å². The van der Waals surface area contributed by atoms with Gasteiger partial charge in [-0.25, -0.2) is 4.68 Å². The average molecular weight is 432 g/mol. The molecule has 0 spiro atoms. The minimum Gasteiger partial charge on any atom is -0.468 e. The summed E-state index contributed by atoms with van der Waals surface area (Å²) >= 11 is 0. The SMILES string of the molecule is Cc1cccc(Oc2c(CN(Cc3ccco3)C[C@H](C)O)c(-c3ccccc3)nn2C)c1. The van der Waals surface area contributed by atoms with Gasteiger partial charge in [-0.15, -0.1) is 0 Å². The Morgan fingerprint density at radius 1 is 1.06 bits per heavy atom. The molecule has 6 heteroatoms. The van der Waals surface area contributed by atoms with E-state index in [4.69, 9.17) is 14.3 Å². The molecule has 0 aliphatic rings. The molecule has 1 N–H and O–H groups in total. The number of hydrogen-bond donors (Lipinski definition) is 1. The summed E-state index contributed by atoms with van der Waals surface area (Å²) in [5.74, 6) is 2.29. The molecule has 0 unspecified atom stereocenters. The molecule has 4 rings (SSSR count). The van der Waals surface area contributed by atoms with E-state index in [1.165, 1.54) is 0 Å². The highest BCUT2D eigenvalue weighted by Crippen LogP contribution is 2.34. The zero-order valence-electron chi connectivity index (χ0n) is 18.7. The van der Waals surface area contributed by atoms with Gasteiger partial charge >= 0.3 is 0 Å². The summed E-state index contributed by atoms with van der Waals surface area (Å²) in [4.78, 5) is 2.15. The minimum atomic E-state index is -0.483. The highest BCUT2D eigenvalue weighted by Gasteiger charge is 2.23. The van der Waals surface area contributed by atoms with Crippen LogP contribution in [-0.4, -0.2) is 32.4 Å². The Labute approximate surface area is 188 Å². The Morgan fingerprint density at radius 3 is 2.56 bits per heavy atom. The van der Waals surface area contributed by atoms with Crippen LogP contribution in [0.3, 0.4) is 0 Å². The second kappa shape index (κ2) is 9.85. The van der Waals surface area contributed by atoms with Crippen molar-refractivity contribution in [1.82, 2.24) is 14.7 Å². The Kier molecular flexibility index (Phi) is 6.73. The molecule has 0 saturated carbocycles. The van der Waals surface area contributed by atoms with Gasteiger partial charge in [-0.3, -0.25) is 4.90 Å². The zero-order chi connectivity index (χ0) is 22.5. The first-order valence-electron chi connectivity index (χ1n) is 10.8. The minimum absolute atomic E-state index is 0.483. The molecule has 6 nitrogen and oxygen atoms in total. The first-order valence-corrected chi connectivity index (χ1v) is 10.8. The lowest BCUT2D eigenvalue weighted by Crippen LogP contribution is -2.30. The molecule has 0 aliphatic heterocycles. The predicted molar refractivity (Wildman–Crippen MR) is 124 cm³/mol. The lowest BCUT2D eigenvalue weighted by molar-refractivity contribution is 0.113. The third kappa shape index (κ3) is 5.28. The summed E-state index contributed by atoms with van der Waals surface area (Å²) < 4.78 is 13.7. The second-order valence-corrected chi connectivity index (χ2v) is 8.14. The highest BCUT2D eigenvalue weighted by atomic mass is 16.5. The second-order valence-electron chi connectivity index (χ2n) is 8.14. The van der Waals surface area contributed by atoms with Gasteiger partial charge in [0, 0.05) is 25.7 Å². The zero-order valence-corrected chi connectivity index (χ0v) is 18.7. The maximum Gasteiger partial charge on any atom is 0.222 e. The van der Waals surface area contributed by atoms with Crippen molar-refractivity contribution in [1.29, 1.82) is 0 Å². The number of hydrogen-bond acceptors (Lipinski definition) is 5. The molecule has 0 bridgehead atoms. The molecule has 166 valence electrons. The maximum atomic E-state index is 10.1. The lowest BCUT2D eigenvalue weighted by atomic mass is 10.1. The summed E-state index contributed by atoms with van der Waals surface area (Å²) in [6.07, 6.45) is 1.18. The van der Waals surface area contributed by atoms with Gasteiger partial charge in [0.2, 0.25) is 5.88 Å². The first kappa shape index (κ1) is 21.9. The molecule has 0 aliphatic carbocycles. The third-order valence-electron chi connectivity index (χ3n) is 5.20. The summed E-state index contributed by atoms with van der Waals surface area (Å²) in [5, 5.41) is 14.9. The van der Waals surface area contributed by atoms with Crippen molar-refractivity contribution >= 4 is 0 Å². The van der Waals surface area contributed by atoms with Crippen molar-refractivity contribution in [3.8, 4) is 22.9 Å². The van der Waals surface area contributed by atoms with E-state index >= 15 is 0 Å². The number of benzene rings is 2. The largest absolute Gasteiger partial charge is 0.468 e. The molecule has 0 radical (unpaired) electrons. The predicted octanol–water partition coefficient (Wildman–Crippen LogP) is 5.16. The number of aliphatic hydroxyl groups is 1. The Bertz CT molecular complexity index is 1130. The molecule has 4 aromatic rings. The van der Waals surface area contributed by atoms with Crippen LogP contribution >= 0.6 is 0 Å². The quantitative estimate of drug-likeness (QED) is 0.396. The summed E-state index contributed by atoms with van der Waals surface area (Å²) in [7, 11) is 1.90. The molecular formula is C26H29N3O3. The third-order valence-corrected chi connectivity index (χ3v) is 5.20. The van der Waals surface area contributed by atoms with Gasteiger partial charge in [-0.1, -0.05) is 42.5 Å². The van der Waals surface area contributed by atoms with E-state index in [9.17, 15) is 5.11 Å². The number of ether oxygens (including phenoxy) is 1. The maximum absolute atomic E-state index is 10.1. The van der Waals surface area contributed by atoms with Crippen molar-refractivity contribution in [2.45, 2.75) is 33.0 Å². The van der Waals surface area contributed by atoms with E-state index in [0.717, 1.165) is 33.9 Å². The van der Waals surface area contributed by atoms with Crippen LogP contribution in [0.2, 0.25) is 0 Å². The molecule has 0 saturated heterocycles. The fourth-order valence-corrected chi connectivity index (χ4v) is 3.85. The molecule has 0 amide bonds. The van der Waals surface area contributed by atoms with Crippen LogP contribution in [0.4, 0.5) is 0 Å². The van der Waals surface area contributed by atoms with Gasteiger partial charge in [0.15, 0.2) is 0 Å². The fourth-order valence-electron chi connectivity index (χ4n) is 3.85. The van der Waals surface area contributed by atoms with Crippen molar-refractivity contribution in [2.75, 3.05) is 6.54 Å². The van der Waals surface area contributed by atoms with Gasteiger partial charge in [-0.05, 0) is 43.7 Å². The monoisotopic (exact) mass is 431 g/mol. The first-order chi connectivity index (χ1) is 15.5. The standard InChI is InChI=1S/C26H29N3O3/c1-19-9-7-12-22(15-19)32-26-24(25(27-28(26)3)21-10-5-4-6-11-21)18-29(16-20(2)30)17-23-13-8-14-31-23/h4-15,20,30H,16-18H2,1-3H3/t20-/m0/s1. The van der Waals surface area contributed by atoms with Crippen molar-refractivity contribution < 1.29 is 14.3 Å². The van der Waals surface area contributed by atoms with E-state index in [1.54, 1.807) is 17.9 Å². The topological polar surface area (TPSA) is 63.7 Å². The molecule has 2 aromatic carbocycles. The van der Waals surface area contributed by atoms with Crippen LogP contribution in [0.1, 0.15) is 23.8 Å². The van der Waals surface area contributed by atoms with Gasteiger partial charge < -0.3 is 14.3 Å². The molecule has 32 heavy (non-hydrogen) atoms. The smallest absolute Gasteiger partial charge is 0.222 e. The number of aromatic nitrogens is 2. The van der Waals surface area contributed by atoms with Gasteiger partial charge in [0.25, 0.3) is 0 Å².